The molecule has 4 aromatic rings. The molecule has 0 radical (unpaired) electrons. The molecule has 0 unspecified atom stereocenters. The molecule has 0 aliphatic rings. The number of nitrogens with zero attached hydrogens (tertiary/aromatic N) is 3. The maximum absolute atomic E-state index is 12.3. The molecule has 0 bridgehead atoms. The lowest BCUT2D eigenvalue weighted by molar-refractivity contribution is 0.251. The molecule has 2 aromatic heterocycles. The lowest BCUT2D eigenvalue weighted by Gasteiger charge is -2.11. The molecule has 2 heterocycles. The highest BCUT2D eigenvalue weighted by Crippen LogP contribution is 2.24. The van der Waals surface area contributed by atoms with E-state index in [-0.39, 0.29) is 6.03 Å². The molecule has 2 N–H and O–H groups in total. The largest absolute Gasteiger partial charge is 0.334 e. The Labute approximate surface area is 166 Å². The van der Waals surface area contributed by atoms with Crippen molar-refractivity contribution in [1.82, 2.24) is 20.1 Å². The second kappa shape index (κ2) is 8.49. The number of aromatic nitrogens is 3. The van der Waals surface area contributed by atoms with Crippen molar-refractivity contribution in [3.63, 3.8) is 0 Å². The maximum Gasteiger partial charge on any atom is 0.321 e. The van der Waals surface area contributed by atoms with Crippen molar-refractivity contribution >= 4 is 22.5 Å². The van der Waals surface area contributed by atoms with Gasteiger partial charge in [-0.2, -0.15) is 5.10 Å². The van der Waals surface area contributed by atoms with E-state index in [0.29, 0.717) is 18.2 Å². The van der Waals surface area contributed by atoms with Crippen LogP contribution in [-0.2, 0) is 13.1 Å². The number of hydrogen-bond acceptors (Lipinski definition) is 4. The van der Waals surface area contributed by atoms with Gasteiger partial charge in [0, 0.05) is 29.9 Å². The third-order valence-corrected chi connectivity index (χ3v) is 5.00. The Morgan fingerprint density at radius 2 is 1.79 bits per heavy atom. The summed E-state index contributed by atoms with van der Waals surface area (Å²) in [7, 11) is 0. The van der Waals surface area contributed by atoms with Gasteiger partial charge in [-0.15, -0.1) is 11.3 Å². The van der Waals surface area contributed by atoms with E-state index in [9.17, 15) is 4.79 Å². The van der Waals surface area contributed by atoms with E-state index in [1.807, 2.05) is 76.9 Å². The molecule has 0 aliphatic heterocycles. The minimum absolute atomic E-state index is 0.275. The van der Waals surface area contributed by atoms with Crippen LogP contribution in [0.15, 0.2) is 78.4 Å². The first-order chi connectivity index (χ1) is 13.8. The fourth-order valence-corrected chi connectivity index (χ4v) is 3.56. The molecule has 0 saturated carbocycles. The van der Waals surface area contributed by atoms with E-state index < -0.39 is 0 Å². The predicted octanol–water partition coefficient (Wildman–Crippen LogP) is 4.38. The summed E-state index contributed by atoms with van der Waals surface area (Å²) in [6.07, 6.45) is 3.68. The zero-order valence-corrected chi connectivity index (χ0v) is 15.9. The fourth-order valence-electron chi connectivity index (χ4n) is 2.84. The molecule has 140 valence electrons. The minimum Gasteiger partial charge on any atom is -0.334 e. The lowest BCUT2D eigenvalue weighted by atomic mass is 10.1. The monoisotopic (exact) mass is 389 g/mol. The van der Waals surface area contributed by atoms with Crippen molar-refractivity contribution < 1.29 is 4.79 Å². The summed E-state index contributed by atoms with van der Waals surface area (Å²) in [4.78, 5) is 16.8. The zero-order chi connectivity index (χ0) is 19.2. The van der Waals surface area contributed by atoms with Crippen LogP contribution in [0.1, 0.15) is 11.1 Å². The molecule has 0 saturated heterocycles. The number of amides is 2. The highest BCUT2D eigenvalue weighted by molar-refractivity contribution is 7.14. The van der Waals surface area contributed by atoms with Gasteiger partial charge in [0.1, 0.15) is 0 Å². The first-order valence-corrected chi connectivity index (χ1v) is 9.76. The summed E-state index contributed by atoms with van der Waals surface area (Å²) in [6, 6.07) is 19.5. The normalized spacial score (nSPS) is 10.6. The van der Waals surface area contributed by atoms with Crippen LogP contribution in [0.2, 0.25) is 0 Å². The molecule has 0 spiro atoms. The second-order valence-electron chi connectivity index (χ2n) is 6.18. The van der Waals surface area contributed by atoms with E-state index in [1.54, 1.807) is 6.20 Å². The highest BCUT2D eigenvalue weighted by Gasteiger charge is 2.09. The molecule has 0 fully saturated rings. The Morgan fingerprint density at radius 3 is 2.57 bits per heavy atom. The van der Waals surface area contributed by atoms with Crippen LogP contribution in [0.4, 0.5) is 9.93 Å². The van der Waals surface area contributed by atoms with Crippen LogP contribution in [0, 0.1) is 0 Å². The Kier molecular flexibility index (Phi) is 5.44. The molecular formula is C21H19N5OS. The van der Waals surface area contributed by atoms with Gasteiger partial charge < -0.3 is 5.32 Å². The number of urea groups is 1. The van der Waals surface area contributed by atoms with E-state index in [2.05, 4.69) is 20.7 Å². The zero-order valence-electron chi connectivity index (χ0n) is 15.1. The van der Waals surface area contributed by atoms with Gasteiger partial charge in [0.25, 0.3) is 0 Å². The van der Waals surface area contributed by atoms with Crippen LogP contribution < -0.4 is 10.6 Å². The number of carbonyl (C=O) groups is 1. The standard InChI is InChI=1S/C21H19N5OS/c27-20(25-21-24-19(15-28-21)16-7-2-1-3-8-16)22-13-17-9-4-5-10-18(17)14-26-12-6-11-23-26/h1-12,15H,13-14H2,(H2,22,24,25,27). The smallest absolute Gasteiger partial charge is 0.321 e. The minimum atomic E-state index is -0.275. The molecule has 0 aliphatic carbocycles. The Hall–Kier alpha value is -3.45. The summed E-state index contributed by atoms with van der Waals surface area (Å²) < 4.78 is 1.86. The average molecular weight is 389 g/mol. The summed E-state index contributed by atoms with van der Waals surface area (Å²) in [6.45, 7) is 1.10. The summed E-state index contributed by atoms with van der Waals surface area (Å²) >= 11 is 1.41. The first kappa shape index (κ1) is 17.9. The molecule has 2 aromatic carbocycles. The summed E-state index contributed by atoms with van der Waals surface area (Å²) in [5.74, 6) is 0. The number of hydrogen-bond donors (Lipinski definition) is 2. The average Bonchev–Trinajstić information content (AvgIpc) is 3.40. The van der Waals surface area contributed by atoms with E-state index in [0.717, 1.165) is 22.4 Å². The quantitative estimate of drug-likeness (QED) is 0.514. The molecule has 2 amide bonds. The molecule has 0 atom stereocenters. The number of nitrogens with one attached hydrogen (secondary N) is 2. The van der Waals surface area contributed by atoms with Gasteiger partial charge in [-0.3, -0.25) is 10.00 Å². The van der Waals surface area contributed by atoms with Crippen molar-refractivity contribution in [2.24, 2.45) is 0 Å². The molecule has 7 heteroatoms. The van der Waals surface area contributed by atoms with Crippen molar-refractivity contribution in [3.05, 3.63) is 89.6 Å². The molecule has 4 rings (SSSR count). The second-order valence-corrected chi connectivity index (χ2v) is 7.04. The van der Waals surface area contributed by atoms with Crippen LogP contribution in [0.5, 0.6) is 0 Å². The third kappa shape index (κ3) is 4.44. The van der Waals surface area contributed by atoms with E-state index >= 15 is 0 Å². The highest BCUT2D eigenvalue weighted by atomic mass is 32.1. The summed E-state index contributed by atoms with van der Waals surface area (Å²) in [5, 5.41) is 12.5. The predicted molar refractivity (Wildman–Crippen MR) is 111 cm³/mol. The van der Waals surface area contributed by atoms with E-state index in [4.69, 9.17) is 0 Å². The molecule has 28 heavy (non-hydrogen) atoms. The van der Waals surface area contributed by atoms with Gasteiger partial charge in [0.15, 0.2) is 5.13 Å². The number of thiazole rings is 1. The van der Waals surface area contributed by atoms with Gasteiger partial charge in [-0.05, 0) is 17.2 Å². The van der Waals surface area contributed by atoms with Crippen molar-refractivity contribution in [1.29, 1.82) is 0 Å². The van der Waals surface area contributed by atoms with Gasteiger partial charge >= 0.3 is 6.03 Å². The Morgan fingerprint density at radius 1 is 1.00 bits per heavy atom. The first-order valence-electron chi connectivity index (χ1n) is 8.88. The number of carbonyl (C=O) groups excluding carboxylic acids is 1. The number of anilines is 1. The maximum atomic E-state index is 12.3. The summed E-state index contributed by atoms with van der Waals surface area (Å²) in [5.41, 5.74) is 4.05. The van der Waals surface area contributed by atoms with E-state index in [1.165, 1.54) is 11.3 Å². The van der Waals surface area contributed by atoms with Crippen molar-refractivity contribution in [3.8, 4) is 11.3 Å². The van der Waals surface area contributed by atoms with Gasteiger partial charge in [-0.25, -0.2) is 9.78 Å². The van der Waals surface area contributed by atoms with Crippen LogP contribution in [0.25, 0.3) is 11.3 Å². The molecular weight excluding hydrogens is 370 g/mol. The van der Waals surface area contributed by atoms with Crippen LogP contribution >= 0.6 is 11.3 Å². The molecule has 6 nitrogen and oxygen atoms in total. The Bertz CT molecular complexity index is 1040. The lowest BCUT2D eigenvalue weighted by Crippen LogP contribution is -2.28. The Balaban J connectivity index is 1.36. The van der Waals surface area contributed by atoms with Crippen molar-refractivity contribution in [2.75, 3.05) is 5.32 Å². The van der Waals surface area contributed by atoms with Crippen molar-refractivity contribution in [2.45, 2.75) is 13.1 Å². The number of benzene rings is 2. The fraction of sp³-hybridized carbons (Fsp3) is 0.0952. The van der Waals surface area contributed by atoms with Gasteiger partial charge in [0.2, 0.25) is 0 Å². The topological polar surface area (TPSA) is 71.8 Å². The van der Waals surface area contributed by atoms with Crippen LogP contribution in [0.3, 0.4) is 0 Å². The third-order valence-electron chi connectivity index (χ3n) is 4.24. The number of rotatable bonds is 6. The van der Waals surface area contributed by atoms with Crippen LogP contribution in [-0.4, -0.2) is 20.8 Å². The SMILES string of the molecule is O=C(NCc1ccccc1Cn1cccn1)Nc1nc(-c2ccccc2)cs1. The van der Waals surface area contributed by atoms with Gasteiger partial charge in [-0.1, -0.05) is 54.6 Å². The van der Waals surface area contributed by atoms with Gasteiger partial charge in [0.05, 0.1) is 12.2 Å².